The largest absolute Gasteiger partial charge is 0.322 e. The van der Waals surface area contributed by atoms with Gasteiger partial charge < -0.3 is 5.73 Å². The van der Waals surface area contributed by atoms with E-state index in [1.165, 1.54) is 44.9 Å². The molecule has 0 aromatic carbocycles. The Morgan fingerprint density at radius 1 is 1.22 bits per heavy atom. The quantitative estimate of drug-likeness (QED) is 0.873. The molecule has 0 spiro atoms. The minimum Gasteiger partial charge on any atom is -0.322 e. The number of fused-ring (bicyclic) bond motifs is 1. The monoisotopic (exact) mass is 247 g/mol. The second-order valence-electron chi connectivity index (χ2n) is 6.32. The standard InChI is InChI=1S/C15H25N3/c1-18-9-8-14(17-18)15(16)13-7-6-11-4-2-3-5-12(11)10-13/h8-9,11-13,15H,2-7,10,16H2,1H3. The molecule has 100 valence electrons. The highest BCUT2D eigenvalue weighted by molar-refractivity contribution is 5.07. The van der Waals surface area contributed by atoms with Gasteiger partial charge in [-0.15, -0.1) is 0 Å². The van der Waals surface area contributed by atoms with E-state index in [2.05, 4.69) is 11.2 Å². The van der Waals surface area contributed by atoms with Crippen LogP contribution < -0.4 is 5.73 Å². The van der Waals surface area contributed by atoms with E-state index in [9.17, 15) is 0 Å². The van der Waals surface area contributed by atoms with Crippen molar-refractivity contribution in [1.82, 2.24) is 9.78 Å². The summed E-state index contributed by atoms with van der Waals surface area (Å²) in [5.74, 6) is 2.61. The van der Waals surface area contributed by atoms with Gasteiger partial charge in [-0.2, -0.15) is 5.10 Å². The maximum atomic E-state index is 6.43. The highest BCUT2D eigenvalue weighted by atomic mass is 15.3. The average molecular weight is 247 g/mol. The zero-order chi connectivity index (χ0) is 12.5. The van der Waals surface area contributed by atoms with Crippen LogP contribution in [0.4, 0.5) is 0 Å². The lowest BCUT2D eigenvalue weighted by Gasteiger charge is -2.40. The normalized spacial score (nSPS) is 34.0. The van der Waals surface area contributed by atoms with E-state index in [0.717, 1.165) is 17.5 Å². The van der Waals surface area contributed by atoms with Gasteiger partial charge in [0.25, 0.3) is 0 Å². The summed E-state index contributed by atoms with van der Waals surface area (Å²) in [6.45, 7) is 0. The molecule has 1 aromatic heterocycles. The second kappa shape index (κ2) is 5.04. The summed E-state index contributed by atoms with van der Waals surface area (Å²) < 4.78 is 1.86. The van der Waals surface area contributed by atoms with Crippen molar-refractivity contribution >= 4 is 0 Å². The predicted octanol–water partition coefficient (Wildman–Crippen LogP) is 3.03. The van der Waals surface area contributed by atoms with Crippen LogP contribution in [-0.2, 0) is 7.05 Å². The second-order valence-corrected chi connectivity index (χ2v) is 6.32. The van der Waals surface area contributed by atoms with Crippen molar-refractivity contribution in [3.8, 4) is 0 Å². The van der Waals surface area contributed by atoms with Gasteiger partial charge in [-0.25, -0.2) is 0 Å². The van der Waals surface area contributed by atoms with Gasteiger partial charge in [-0.05, 0) is 43.1 Å². The Labute approximate surface area is 110 Å². The zero-order valence-corrected chi connectivity index (χ0v) is 11.4. The van der Waals surface area contributed by atoms with Crippen LogP contribution in [0, 0.1) is 17.8 Å². The number of hydrogen-bond donors (Lipinski definition) is 1. The van der Waals surface area contributed by atoms with Crippen molar-refractivity contribution in [3.63, 3.8) is 0 Å². The van der Waals surface area contributed by atoms with Crippen LogP contribution in [0.2, 0.25) is 0 Å². The molecule has 0 amide bonds. The van der Waals surface area contributed by atoms with Crippen molar-refractivity contribution in [2.75, 3.05) is 0 Å². The van der Waals surface area contributed by atoms with Crippen LogP contribution in [-0.4, -0.2) is 9.78 Å². The molecule has 2 fully saturated rings. The summed E-state index contributed by atoms with van der Waals surface area (Å²) in [5.41, 5.74) is 7.51. The maximum absolute atomic E-state index is 6.43. The molecule has 1 heterocycles. The molecule has 0 radical (unpaired) electrons. The zero-order valence-electron chi connectivity index (χ0n) is 11.4. The molecule has 3 nitrogen and oxygen atoms in total. The first-order valence-corrected chi connectivity index (χ1v) is 7.49. The number of hydrogen-bond acceptors (Lipinski definition) is 2. The van der Waals surface area contributed by atoms with E-state index in [0.29, 0.717) is 5.92 Å². The molecule has 3 rings (SSSR count). The molecule has 2 N–H and O–H groups in total. The first-order chi connectivity index (χ1) is 8.74. The van der Waals surface area contributed by atoms with Gasteiger partial charge >= 0.3 is 0 Å². The molecule has 4 unspecified atom stereocenters. The third-order valence-corrected chi connectivity index (χ3v) is 5.16. The molecule has 4 atom stereocenters. The molecule has 18 heavy (non-hydrogen) atoms. The summed E-state index contributed by atoms with van der Waals surface area (Å²) >= 11 is 0. The third-order valence-electron chi connectivity index (χ3n) is 5.16. The maximum Gasteiger partial charge on any atom is 0.0794 e. The Morgan fingerprint density at radius 3 is 2.72 bits per heavy atom. The fourth-order valence-corrected chi connectivity index (χ4v) is 4.09. The Bertz CT molecular complexity index is 398. The molecule has 0 bridgehead atoms. The highest BCUT2D eigenvalue weighted by Crippen LogP contribution is 2.45. The molecule has 0 aliphatic heterocycles. The van der Waals surface area contributed by atoms with Crippen LogP contribution in [0.25, 0.3) is 0 Å². The van der Waals surface area contributed by atoms with Gasteiger partial charge in [-0.1, -0.05) is 25.7 Å². The van der Waals surface area contributed by atoms with Crippen molar-refractivity contribution in [3.05, 3.63) is 18.0 Å². The third kappa shape index (κ3) is 2.33. The molecular weight excluding hydrogens is 222 g/mol. The molecule has 0 saturated heterocycles. The van der Waals surface area contributed by atoms with Crippen LogP contribution in [0.1, 0.15) is 56.7 Å². The molecule has 2 aliphatic carbocycles. The molecular formula is C15H25N3. The summed E-state index contributed by atoms with van der Waals surface area (Å²) in [7, 11) is 1.97. The average Bonchev–Trinajstić information content (AvgIpc) is 2.84. The minimum atomic E-state index is 0.147. The van der Waals surface area contributed by atoms with Gasteiger partial charge in [-0.3, -0.25) is 4.68 Å². The number of aromatic nitrogens is 2. The Balaban J connectivity index is 1.66. The van der Waals surface area contributed by atoms with Gasteiger partial charge in [0, 0.05) is 13.2 Å². The van der Waals surface area contributed by atoms with Crippen LogP contribution in [0.5, 0.6) is 0 Å². The lowest BCUT2D eigenvalue weighted by molar-refractivity contribution is 0.116. The van der Waals surface area contributed by atoms with Gasteiger partial charge in [0.15, 0.2) is 0 Å². The fourth-order valence-electron chi connectivity index (χ4n) is 4.09. The number of nitrogens with two attached hydrogens (primary N) is 1. The first kappa shape index (κ1) is 12.2. The Hall–Kier alpha value is -0.830. The minimum absolute atomic E-state index is 0.147. The van der Waals surface area contributed by atoms with E-state index in [1.807, 2.05) is 17.9 Å². The summed E-state index contributed by atoms with van der Waals surface area (Å²) in [5, 5.41) is 4.48. The Morgan fingerprint density at radius 2 is 2.00 bits per heavy atom. The molecule has 2 aliphatic rings. The molecule has 3 heteroatoms. The summed E-state index contributed by atoms with van der Waals surface area (Å²) in [6.07, 6.45) is 11.8. The number of rotatable bonds is 2. The highest BCUT2D eigenvalue weighted by Gasteiger charge is 2.35. The van der Waals surface area contributed by atoms with Crippen molar-refractivity contribution in [1.29, 1.82) is 0 Å². The van der Waals surface area contributed by atoms with Gasteiger partial charge in [0.1, 0.15) is 0 Å². The number of nitrogens with zero attached hydrogens (tertiary/aromatic N) is 2. The summed E-state index contributed by atoms with van der Waals surface area (Å²) in [6, 6.07) is 2.23. The van der Waals surface area contributed by atoms with Crippen LogP contribution >= 0.6 is 0 Å². The smallest absolute Gasteiger partial charge is 0.0794 e. The van der Waals surface area contributed by atoms with Crippen molar-refractivity contribution in [2.45, 2.75) is 51.0 Å². The molecule has 2 saturated carbocycles. The van der Waals surface area contributed by atoms with E-state index in [-0.39, 0.29) is 6.04 Å². The topological polar surface area (TPSA) is 43.8 Å². The number of aryl methyl sites for hydroxylation is 1. The van der Waals surface area contributed by atoms with Crippen LogP contribution in [0.15, 0.2) is 12.3 Å². The van der Waals surface area contributed by atoms with E-state index < -0.39 is 0 Å². The summed E-state index contributed by atoms with van der Waals surface area (Å²) in [4.78, 5) is 0. The van der Waals surface area contributed by atoms with Gasteiger partial charge in [0.2, 0.25) is 0 Å². The van der Waals surface area contributed by atoms with Crippen LogP contribution in [0.3, 0.4) is 0 Å². The SMILES string of the molecule is Cn1ccc(C(N)C2CCC3CCCCC3C2)n1. The first-order valence-electron chi connectivity index (χ1n) is 7.49. The van der Waals surface area contributed by atoms with Crippen molar-refractivity contribution < 1.29 is 0 Å². The predicted molar refractivity (Wildman–Crippen MR) is 72.9 cm³/mol. The van der Waals surface area contributed by atoms with E-state index >= 15 is 0 Å². The van der Waals surface area contributed by atoms with E-state index in [4.69, 9.17) is 5.73 Å². The van der Waals surface area contributed by atoms with E-state index in [1.54, 1.807) is 0 Å². The Kier molecular flexibility index (Phi) is 3.42. The fraction of sp³-hybridized carbons (Fsp3) is 0.800. The van der Waals surface area contributed by atoms with Gasteiger partial charge in [0.05, 0.1) is 11.7 Å². The molecule has 1 aromatic rings. The lowest BCUT2D eigenvalue weighted by Crippen LogP contribution is -2.33. The van der Waals surface area contributed by atoms with Crippen molar-refractivity contribution in [2.24, 2.45) is 30.5 Å². The lowest BCUT2D eigenvalue weighted by atomic mass is 9.66.